The molecular formula is C19H17ClN2OS. The van der Waals surface area contributed by atoms with Gasteiger partial charge in [-0.25, -0.2) is 4.99 Å². The molecule has 0 unspecified atom stereocenters. The lowest BCUT2D eigenvalue weighted by molar-refractivity contribution is 0.101. The van der Waals surface area contributed by atoms with E-state index in [0.29, 0.717) is 10.6 Å². The maximum Gasteiger partial charge on any atom is 0.168 e. The number of amidine groups is 1. The van der Waals surface area contributed by atoms with Gasteiger partial charge in [-0.1, -0.05) is 47.6 Å². The number of Topliss-reactive ketones (excluding diaryl/α,β-unsaturated/α-hetero) is 1. The van der Waals surface area contributed by atoms with E-state index in [1.807, 2.05) is 61.5 Å². The van der Waals surface area contributed by atoms with Gasteiger partial charge in [0.2, 0.25) is 0 Å². The summed E-state index contributed by atoms with van der Waals surface area (Å²) < 4.78 is 0. The molecule has 122 valence electrons. The molecule has 0 N–H and O–H groups in total. The molecule has 1 aliphatic rings. The van der Waals surface area contributed by atoms with Crippen LogP contribution in [0.15, 0.2) is 47.5 Å². The fourth-order valence-electron chi connectivity index (χ4n) is 2.35. The SMILES string of the molecule is CC(=O)c1ccc(/C=C2\SC(N(C)C)=Nc3ccc(Cl)cc32)cc1. The molecule has 0 spiro atoms. The summed E-state index contributed by atoms with van der Waals surface area (Å²) in [6, 6.07) is 13.3. The van der Waals surface area contributed by atoms with Crippen molar-refractivity contribution in [3.63, 3.8) is 0 Å². The number of benzene rings is 2. The summed E-state index contributed by atoms with van der Waals surface area (Å²) >= 11 is 7.77. The highest BCUT2D eigenvalue weighted by Crippen LogP contribution is 2.42. The number of carbonyl (C=O) groups excluding carboxylic acids is 1. The lowest BCUT2D eigenvalue weighted by atomic mass is 10.1. The second-order valence-electron chi connectivity index (χ2n) is 5.74. The Morgan fingerprint density at radius 2 is 1.88 bits per heavy atom. The number of aliphatic imine (C=N–C) groups is 1. The lowest BCUT2D eigenvalue weighted by Gasteiger charge is -2.22. The van der Waals surface area contributed by atoms with Crippen LogP contribution in [0.5, 0.6) is 0 Å². The van der Waals surface area contributed by atoms with Crippen molar-refractivity contribution in [1.29, 1.82) is 0 Å². The Morgan fingerprint density at radius 1 is 1.17 bits per heavy atom. The molecule has 24 heavy (non-hydrogen) atoms. The summed E-state index contributed by atoms with van der Waals surface area (Å²) in [5.41, 5.74) is 3.68. The van der Waals surface area contributed by atoms with Crippen LogP contribution in [0.25, 0.3) is 11.0 Å². The zero-order valence-corrected chi connectivity index (χ0v) is 15.3. The Kier molecular flexibility index (Phi) is 4.78. The third-order valence-electron chi connectivity index (χ3n) is 3.64. The second kappa shape index (κ2) is 6.83. The average Bonchev–Trinajstić information content (AvgIpc) is 2.55. The molecule has 3 rings (SSSR count). The first-order chi connectivity index (χ1) is 11.4. The van der Waals surface area contributed by atoms with Crippen molar-refractivity contribution in [2.75, 3.05) is 14.1 Å². The highest BCUT2D eigenvalue weighted by molar-refractivity contribution is 8.21. The van der Waals surface area contributed by atoms with E-state index in [1.165, 1.54) is 0 Å². The molecule has 0 bridgehead atoms. The van der Waals surface area contributed by atoms with E-state index in [0.717, 1.165) is 26.9 Å². The summed E-state index contributed by atoms with van der Waals surface area (Å²) in [4.78, 5) is 19.2. The third kappa shape index (κ3) is 3.55. The smallest absolute Gasteiger partial charge is 0.168 e. The van der Waals surface area contributed by atoms with Crippen LogP contribution in [-0.2, 0) is 0 Å². The topological polar surface area (TPSA) is 32.7 Å². The minimum atomic E-state index is 0.0698. The van der Waals surface area contributed by atoms with Gasteiger partial charge < -0.3 is 4.90 Å². The van der Waals surface area contributed by atoms with Gasteiger partial charge in [0.1, 0.15) is 0 Å². The minimum absolute atomic E-state index is 0.0698. The standard InChI is InChI=1S/C19H17ClN2OS/c1-12(23)14-6-4-13(5-7-14)10-18-16-11-15(20)8-9-17(16)21-19(24-18)22(2)3/h4-11H,1-3H3/b18-10-. The molecular weight excluding hydrogens is 340 g/mol. The first-order valence-corrected chi connectivity index (χ1v) is 8.70. The molecule has 0 aromatic heterocycles. The van der Waals surface area contributed by atoms with Gasteiger partial charge in [0, 0.05) is 35.2 Å². The van der Waals surface area contributed by atoms with Crippen molar-refractivity contribution in [3.05, 3.63) is 64.2 Å². The molecule has 0 fully saturated rings. The van der Waals surface area contributed by atoms with Crippen molar-refractivity contribution < 1.29 is 4.79 Å². The number of fused-ring (bicyclic) bond motifs is 1. The molecule has 2 aromatic carbocycles. The number of hydrogen-bond acceptors (Lipinski definition) is 4. The van der Waals surface area contributed by atoms with E-state index in [2.05, 4.69) is 11.1 Å². The normalized spacial score (nSPS) is 15.0. The fraction of sp³-hybridized carbons (Fsp3) is 0.158. The highest BCUT2D eigenvalue weighted by Gasteiger charge is 2.19. The van der Waals surface area contributed by atoms with Crippen molar-refractivity contribution >= 4 is 51.0 Å². The number of ketones is 1. The maximum absolute atomic E-state index is 11.4. The van der Waals surface area contributed by atoms with E-state index >= 15 is 0 Å². The Labute approximate surface area is 151 Å². The van der Waals surface area contributed by atoms with Gasteiger partial charge in [0.25, 0.3) is 0 Å². The lowest BCUT2D eigenvalue weighted by Crippen LogP contribution is -2.19. The molecule has 0 saturated heterocycles. The third-order valence-corrected chi connectivity index (χ3v) is 5.07. The molecule has 1 aliphatic heterocycles. The van der Waals surface area contributed by atoms with Crippen molar-refractivity contribution in [1.82, 2.24) is 4.90 Å². The summed E-state index contributed by atoms with van der Waals surface area (Å²) in [5.74, 6) is 0.0698. The summed E-state index contributed by atoms with van der Waals surface area (Å²) in [7, 11) is 3.96. The number of thioether (sulfide) groups is 1. The number of halogens is 1. The number of carbonyl (C=O) groups is 1. The molecule has 0 atom stereocenters. The Balaban J connectivity index is 2.05. The van der Waals surface area contributed by atoms with Crippen LogP contribution in [-0.4, -0.2) is 29.9 Å². The van der Waals surface area contributed by atoms with Crippen molar-refractivity contribution in [2.24, 2.45) is 4.99 Å². The molecule has 0 radical (unpaired) electrons. The van der Waals surface area contributed by atoms with Crippen LogP contribution in [0.1, 0.15) is 28.4 Å². The minimum Gasteiger partial charge on any atom is -0.357 e. The van der Waals surface area contributed by atoms with Crippen LogP contribution in [0, 0.1) is 0 Å². The summed E-state index contributed by atoms with van der Waals surface area (Å²) in [6.07, 6.45) is 2.10. The van der Waals surface area contributed by atoms with Crippen LogP contribution in [0.4, 0.5) is 5.69 Å². The Morgan fingerprint density at radius 3 is 2.50 bits per heavy atom. The van der Waals surface area contributed by atoms with Crippen molar-refractivity contribution in [2.45, 2.75) is 6.92 Å². The molecule has 0 aliphatic carbocycles. The summed E-state index contributed by atoms with van der Waals surface area (Å²) in [5, 5.41) is 1.62. The van der Waals surface area contributed by atoms with Gasteiger partial charge in [0.15, 0.2) is 11.0 Å². The molecule has 0 amide bonds. The fourth-order valence-corrected chi connectivity index (χ4v) is 3.51. The van der Waals surface area contributed by atoms with E-state index < -0.39 is 0 Å². The summed E-state index contributed by atoms with van der Waals surface area (Å²) in [6.45, 7) is 1.57. The van der Waals surface area contributed by atoms with Gasteiger partial charge in [-0.05, 0) is 36.8 Å². The number of nitrogens with zero attached hydrogens (tertiary/aromatic N) is 2. The van der Waals surface area contributed by atoms with Gasteiger partial charge >= 0.3 is 0 Å². The molecule has 3 nitrogen and oxygen atoms in total. The molecule has 0 saturated carbocycles. The van der Waals surface area contributed by atoms with Crippen molar-refractivity contribution in [3.8, 4) is 0 Å². The second-order valence-corrected chi connectivity index (χ2v) is 7.18. The predicted molar refractivity (Wildman–Crippen MR) is 104 cm³/mol. The van der Waals surface area contributed by atoms with E-state index in [4.69, 9.17) is 11.6 Å². The molecule has 5 heteroatoms. The predicted octanol–water partition coefficient (Wildman–Crippen LogP) is 5.34. The largest absolute Gasteiger partial charge is 0.357 e. The van der Waals surface area contributed by atoms with Crippen LogP contribution < -0.4 is 0 Å². The highest BCUT2D eigenvalue weighted by atomic mass is 35.5. The van der Waals surface area contributed by atoms with Gasteiger partial charge in [-0.15, -0.1) is 0 Å². The maximum atomic E-state index is 11.4. The average molecular weight is 357 g/mol. The Hall–Kier alpha value is -2.04. The van der Waals surface area contributed by atoms with Crippen LogP contribution in [0.2, 0.25) is 5.02 Å². The van der Waals surface area contributed by atoms with Gasteiger partial charge in [0.05, 0.1) is 5.69 Å². The van der Waals surface area contributed by atoms with Gasteiger partial charge in [-0.3, -0.25) is 4.79 Å². The zero-order chi connectivity index (χ0) is 17.3. The molecule has 1 heterocycles. The first kappa shape index (κ1) is 16.8. The molecule has 2 aromatic rings. The van der Waals surface area contributed by atoms with Crippen LogP contribution >= 0.6 is 23.4 Å². The first-order valence-electron chi connectivity index (χ1n) is 7.50. The van der Waals surface area contributed by atoms with E-state index in [1.54, 1.807) is 18.7 Å². The number of hydrogen-bond donors (Lipinski definition) is 0. The quantitative estimate of drug-likeness (QED) is 0.681. The number of rotatable bonds is 2. The van der Waals surface area contributed by atoms with E-state index in [-0.39, 0.29) is 5.78 Å². The van der Waals surface area contributed by atoms with Crippen LogP contribution in [0.3, 0.4) is 0 Å². The Bertz CT molecular complexity index is 854. The monoisotopic (exact) mass is 356 g/mol. The van der Waals surface area contributed by atoms with E-state index in [9.17, 15) is 4.79 Å². The van der Waals surface area contributed by atoms with Gasteiger partial charge in [-0.2, -0.15) is 0 Å². The zero-order valence-electron chi connectivity index (χ0n) is 13.7.